The molecule has 0 radical (unpaired) electrons. The molecule has 2 aromatic rings. The standard InChI is InChI=1S/C11H11N/c1-8(2)11-7-9-5-3-4-6-10(9)12-11/h3-7,12H,1H2,2H3. The van der Waals surface area contributed by atoms with Gasteiger partial charge in [0.05, 0.1) is 0 Å². The van der Waals surface area contributed by atoms with Crippen molar-refractivity contribution < 1.29 is 0 Å². The minimum Gasteiger partial charge on any atom is -0.355 e. The SMILES string of the molecule is C=C(C)c1cc2ccccc2[nH]1. The lowest BCUT2D eigenvalue weighted by Crippen LogP contribution is -1.73. The lowest BCUT2D eigenvalue weighted by molar-refractivity contribution is 1.39. The molecule has 1 aromatic heterocycles. The topological polar surface area (TPSA) is 15.8 Å². The van der Waals surface area contributed by atoms with E-state index in [1.54, 1.807) is 0 Å². The highest BCUT2D eigenvalue weighted by molar-refractivity contribution is 5.83. The Hall–Kier alpha value is -1.50. The summed E-state index contributed by atoms with van der Waals surface area (Å²) < 4.78 is 0. The molecule has 0 amide bonds. The van der Waals surface area contributed by atoms with Gasteiger partial charge in [-0.05, 0) is 30.0 Å². The number of benzene rings is 1. The summed E-state index contributed by atoms with van der Waals surface area (Å²) in [6, 6.07) is 10.4. The van der Waals surface area contributed by atoms with Gasteiger partial charge in [-0.1, -0.05) is 24.8 Å². The van der Waals surface area contributed by atoms with E-state index < -0.39 is 0 Å². The van der Waals surface area contributed by atoms with Crippen LogP contribution in [-0.4, -0.2) is 4.98 Å². The molecule has 0 spiro atoms. The highest BCUT2D eigenvalue weighted by Crippen LogP contribution is 2.18. The van der Waals surface area contributed by atoms with Gasteiger partial charge in [-0.3, -0.25) is 0 Å². The summed E-state index contributed by atoms with van der Waals surface area (Å²) in [6.07, 6.45) is 0. The monoisotopic (exact) mass is 157 g/mol. The van der Waals surface area contributed by atoms with Crippen LogP contribution in [0.2, 0.25) is 0 Å². The summed E-state index contributed by atoms with van der Waals surface area (Å²) in [5.74, 6) is 0. The fourth-order valence-corrected chi connectivity index (χ4v) is 1.30. The molecule has 1 heteroatoms. The molecular weight excluding hydrogens is 146 g/mol. The number of hydrogen-bond donors (Lipinski definition) is 1. The molecule has 0 unspecified atom stereocenters. The third-order valence-electron chi connectivity index (χ3n) is 1.99. The van der Waals surface area contributed by atoms with Crippen LogP contribution >= 0.6 is 0 Å². The molecule has 12 heavy (non-hydrogen) atoms. The van der Waals surface area contributed by atoms with Crippen molar-refractivity contribution in [2.24, 2.45) is 0 Å². The summed E-state index contributed by atoms with van der Waals surface area (Å²) in [7, 11) is 0. The van der Waals surface area contributed by atoms with E-state index in [1.165, 1.54) is 10.9 Å². The van der Waals surface area contributed by atoms with E-state index in [2.05, 4.69) is 29.8 Å². The first-order valence-electron chi connectivity index (χ1n) is 4.01. The van der Waals surface area contributed by atoms with Gasteiger partial charge in [0.2, 0.25) is 0 Å². The average Bonchev–Trinajstić information content (AvgIpc) is 2.46. The largest absolute Gasteiger partial charge is 0.355 e. The van der Waals surface area contributed by atoms with E-state index in [0.717, 1.165) is 11.3 Å². The van der Waals surface area contributed by atoms with Crippen molar-refractivity contribution in [3.8, 4) is 0 Å². The van der Waals surface area contributed by atoms with Gasteiger partial charge in [0.15, 0.2) is 0 Å². The Balaban J connectivity index is 2.70. The van der Waals surface area contributed by atoms with Gasteiger partial charge in [-0.2, -0.15) is 0 Å². The van der Waals surface area contributed by atoms with Crippen molar-refractivity contribution in [2.75, 3.05) is 0 Å². The smallest absolute Gasteiger partial charge is 0.0458 e. The number of H-pyrrole nitrogens is 1. The van der Waals surface area contributed by atoms with Crippen LogP contribution < -0.4 is 0 Å². The van der Waals surface area contributed by atoms with Crippen LogP contribution in [0.5, 0.6) is 0 Å². The summed E-state index contributed by atoms with van der Waals surface area (Å²) in [6.45, 7) is 5.89. The molecule has 0 saturated heterocycles. The lowest BCUT2D eigenvalue weighted by atomic mass is 10.2. The third kappa shape index (κ3) is 1.03. The highest BCUT2D eigenvalue weighted by atomic mass is 14.7. The summed E-state index contributed by atoms with van der Waals surface area (Å²) in [4.78, 5) is 3.30. The van der Waals surface area contributed by atoms with Gasteiger partial charge < -0.3 is 4.98 Å². The Morgan fingerprint density at radius 2 is 2.08 bits per heavy atom. The van der Waals surface area contributed by atoms with Crippen molar-refractivity contribution in [1.82, 2.24) is 4.98 Å². The van der Waals surface area contributed by atoms with Crippen molar-refractivity contribution in [3.63, 3.8) is 0 Å². The number of aromatic nitrogens is 1. The average molecular weight is 157 g/mol. The third-order valence-corrected chi connectivity index (χ3v) is 1.99. The number of aromatic amines is 1. The second-order valence-corrected chi connectivity index (χ2v) is 3.05. The van der Waals surface area contributed by atoms with Crippen LogP contribution in [0.3, 0.4) is 0 Å². The fraction of sp³-hybridized carbons (Fsp3) is 0.0909. The zero-order chi connectivity index (χ0) is 8.55. The molecule has 1 heterocycles. The summed E-state index contributed by atoms with van der Waals surface area (Å²) >= 11 is 0. The van der Waals surface area contributed by atoms with E-state index >= 15 is 0 Å². The second kappa shape index (κ2) is 2.52. The van der Waals surface area contributed by atoms with Gasteiger partial charge >= 0.3 is 0 Å². The van der Waals surface area contributed by atoms with Crippen LogP contribution in [0.1, 0.15) is 12.6 Å². The quantitative estimate of drug-likeness (QED) is 0.654. The minimum atomic E-state index is 1.08. The molecular formula is C11H11N. The Labute approximate surface area is 71.7 Å². The number of para-hydroxylation sites is 1. The Kier molecular flexibility index (Phi) is 1.51. The normalized spacial score (nSPS) is 10.4. The Morgan fingerprint density at radius 1 is 1.33 bits per heavy atom. The first kappa shape index (κ1) is 7.17. The van der Waals surface area contributed by atoms with Gasteiger partial charge in [-0.15, -0.1) is 0 Å². The molecule has 1 N–H and O–H groups in total. The number of hydrogen-bond acceptors (Lipinski definition) is 0. The molecule has 0 atom stereocenters. The van der Waals surface area contributed by atoms with Gasteiger partial charge in [0.25, 0.3) is 0 Å². The predicted molar refractivity (Wildman–Crippen MR) is 53.0 cm³/mol. The molecule has 0 bridgehead atoms. The van der Waals surface area contributed by atoms with Crippen molar-refractivity contribution >= 4 is 16.5 Å². The molecule has 1 nitrogen and oxygen atoms in total. The zero-order valence-electron chi connectivity index (χ0n) is 7.09. The van der Waals surface area contributed by atoms with E-state index in [4.69, 9.17) is 0 Å². The molecule has 0 fully saturated rings. The van der Waals surface area contributed by atoms with Gasteiger partial charge in [0, 0.05) is 11.2 Å². The first-order valence-corrected chi connectivity index (χ1v) is 4.01. The second-order valence-electron chi connectivity index (χ2n) is 3.05. The van der Waals surface area contributed by atoms with E-state index in [9.17, 15) is 0 Å². The lowest BCUT2D eigenvalue weighted by Gasteiger charge is -1.89. The number of allylic oxidation sites excluding steroid dienone is 1. The zero-order valence-corrected chi connectivity index (χ0v) is 7.09. The van der Waals surface area contributed by atoms with Gasteiger partial charge in [0.1, 0.15) is 0 Å². The highest BCUT2D eigenvalue weighted by Gasteiger charge is 1.98. The molecule has 0 aliphatic heterocycles. The Morgan fingerprint density at radius 3 is 2.75 bits per heavy atom. The fourth-order valence-electron chi connectivity index (χ4n) is 1.30. The maximum absolute atomic E-state index is 3.89. The molecule has 0 saturated carbocycles. The summed E-state index contributed by atoms with van der Waals surface area (Å²) in [5, 5.41) is 1.25. The molecule has 0 aliphatic rings. The predicted octanol–water partition coefficient (Wildman–Crippen LogP) is 3.20. The molecule has 2 rings (SSSR count). The Bertz CT molecular complexity index is 390. The maximum atomic E-state index is 3.89. The van der Waals surface area contributed by atoms with Crippen LogP contribution in [0.15, 0.2) is 36.9 Å². The maximum Gasteiger partial charge on any atom is 0.0458 e. The number of fused-ring (bicyclic) bond motifs is 1. The van der Waals surface area contributed by atoms with Crippen molar-refractivity contribution in [3.05, 3.63) is 42.6 Å². The van der Waals surface area contributed by atoms with E-state index in [0.29, 0.717) is 0 Å². The van der Waals surface area contributed by atoms with E-state index in [1.807, 2.05) is 19.1 Å². The van der Waals surface area contributed by atoms with E-state index in [-0.39, 0.29) is 0 Å². The van der Waals surface area contributed by atoms with Gasteiger partial charge in [-0.25, -0.2) is 0 Å². The van der Waals surface area contributed by atoms with Crippen LogP contribution in [0, 0.1) is 0 Å². The number of rotatable bonds is 1. The summed E-state index contributed by atoms with van der Waals surface area (Å²) in [5.41, 5.74) is 3.37. The van der Waals surface area contributed by atoms with Crippen LogP contribution in [-0.2, 0) is 0 Å². The van der Waals surface area contributed by atoms with Crippen LogP contribution in [0.4, 0.5) is 0 Å². The molecule has 60 valence electrons. The molecule has 0 aliphatic carbocycles. The molecule has 1 aromatic carbocycles. The van der Waals surface area contributed by atoms with Crippen LogP contribution in [0.25, 0.3) is 16.5 Å². The number of nitrogens with one attached hydrogen (secondary N) is 1. The van der Waals surface area contributed by atoms with Crippen molar-refractivity contribution in [1.29, 1.82) is 0 Å². The minimum absolute atomic E-state index is 1.08. The first-order chi connectivity index (χ1) is 5.77. The van der Waals surface area contributed by atoms with Crippen molar-refractivity contribution in [2.45, 2.75) is 6.92 Å².